The van der Waals surface area contributed by atoms with Gasteiger partial charge in [0.1, 0.15) is 0 Å². The predicted octanol–water partition coefficient (Wildman–Crippen LogP) is 1.36. The number of ether oxygens (including phenoxy) is 1. The molecule has 0 aliphatic rings. The van der Waals surface area contributed by atoms with Crippen molar-refractivity contribution in [3.8, 4) is 0 Å². The van der Waals surface area contributed by atoms with Crippen LogP contribution >= 0.6 is 0 Å². The molecule has 1 amide bonds. The fourth-order valence-corrected chi connectivity index (χ4v) is 1.22. The first-order valence-electron chi connectivity index (χ1n) is 4.68. The second-order valence-electron chi connectivity index (χ2n) is 3.22. The van der Waals surface area contributed by atoms with Crippen molar-refractivity contribution in [3.63, 3.8) is 0 Å². The molecule has 0 aliphatic heterocycles. The Morgan fingerprint density at radius 1 is 1.22 bits per heavy atom. The van der Waals surface area contributed by atoms with Crippen LogP contribution in [0.3, 0.4) is 0 Å². The zero-order valence-corrected chi connectivity index (χ0v) is 9.28. The number of nitrogens with one attached hydrogen (secondary N) is 1. The van der Waals surface area contributed by atoms with Gasteiger partial charge in [-0.25, -0.2) is 4.79 Å². The van der Waals surface area contributed by atoms with Crippen LogP contribution in [0.25, 0.3) is 0 Å². The van der Waals surface area contributed by atoms with Crippen LogP contribution in [0.1, 0.15) is 5.56 Å². The molecule has 0 spiro atoms. The molecule has 0 fully saturated rings. The van der Waals surface area contributed by atoms with Gasteiger partial charge in [0, 0.05) is 18.7 Å². The van der Waals surface area contributed by atoms with Crippen LogP contribution in [0, 0.1) is 20.2 Å². The quantitative estimate of drug-likeness (QED) is 0.639. The molecule has 0 aromatic heterocycles. The molecule has 9 nitrogen and oxygen atoms in total. The fraction of sp³-hybridized carbons (Fsp3) is 0.222. The molecule has 0 saturated heterocycles. The summed E-state index contributed by atoms with van der Waals surface area (Å²) in [5, 5.41) is 23.5. The number of non-ortho nitro benzene ring substituents is 2. The van der Waals surface area contributed by atoms with Crippen LogP contribution in [0.5, 0.6) is 0 Å². The van der Waals surface area contributed by atoms with Crippen LogP contribution in [0.2, 0.25) is 0 Å². The maximum atomic E-state index is 10.8. The monoisotopic (exact) mass is 255 g/mol. The Balaban J connectivity index is 3.00. The summed E-state index contributed by atoms with van der Waals surface area (Å²) in [7, 11) is 1.16. The minimum Gasteiger partial charge on any atom is -0.453 e. The lowest BCUT2D eigenvalue weighted by atomic mass is 10.2. The largest absolute Gasteiger partial charge is 0.453 e. The Bertz CT molecular complexity index is 469. The number of hydrogen-bond acceptors (Lipinski definition) is 6. The zero-order valence-electron chi connectivity index (χ0n) is 9.28. The SMILES string of the molecule is COC(=O)NCc1cc([N+](=O)[O-])cc([N+](=O)[O-])c1. The minimum absolute atomic E-state index is 0.102. The summed E-state index contributed by atoms with van der Waals surface area (Å²) in [6, 6.07) is 3.13. The Morgan fingerprint density at radius 3 is 2.11 bits per heavy atom. The molecule has 0 saturated carbocycles. The lowest BCUT2D eigenvalue weighted by Gasteiger charge is -2.03. The van der Waals surface area contributed by atoms with E-state index in [1.807, 2.05) is 0 Å². The Morgan fingerprint density at radius 2 is 1.72 bits per heavy atom. The molecule has 0 bridgehead atoms. The van der Waals surface area contributed by atoms with Gasteiger partial charge < -0.3 is 10.1 Å². The van der Waals surface area contributed by atoms with E-state index in [0.717, 1.165) is 25.3 Å². The maximum Gasteiger partial charge on any atom is 0.407 e. The van der Waals surface area contributed by atoms with Crippen LogP contribution < -0.4 is 5.32 Å². The second-order valence-corrected chi connectivity index (χ2v) is 3.22. The molecule has 1 aromatic rings. The van der Waals surface area contributed by atoms with Crippen molar-refractivity contribution in [1.82, 2.24) is 5.32 Å². The molecule has 0 aliphatic carbocycles. The number of amides is 1. The summed E-state index contributed by atoms with van der Waals surface area (Å²) in [5.41, 5.74) is -0.585. The Hall–Kier alpha value is -2.71. The second kappa shape index (κ2) is 5.57. The van der Waals surface area contributed by atoms with Gasteiger partial charge >= 0.3 is 6.09 Å². The first-order valence-corrected chi connectivity index (χ1v) is 4.68. The molecule has 1 rings (SSSR count). The summed E-state index contributed by atoms with van der Waals surface area (Å²) in [6.07, 6.45) is -0.732. The maximum absolute atomic E-state index is 10.8. The molecule has 1 aromatic carbocycles. The van der Waals surface area contributed by atoms with Crippen molar-refractivity contribution in [2.45, 2.75) is 6.54 Å². The van der Waals surface area contributed by atoms with Crippen LogP contribution in [0.4, 0.5) is 16.2 Å². The highest BCUT2D eigenvalue weighted by molar-refractivity contribution is 5.67. The third kappa shape index (κ3) is 3.40. The average Bonchev–Trinajstić information content (AvgIpc) is 2.35. The molecule has 0 radical (unpaired) electrons. The van der Waals surface area contributed by atoms with Crippen molar-refractivity contribution in [2.75, 3.05) is 7.11 Å². The Kier molecular flexibility index (Phi) is 4.13. The minimum atomic E-state index is -0.741. The van der Waals surface area contributed by atoms with Gasteiger partial charge in [0.2, 0.25) is 0 Å². The molecule has 96 valence electrons. The standard InChI is InChI=1S/C9H9N3O6/c1-18-9(13)10-5-6-2-7(11(14)15)4-8(3-6)12(16)17/h2-4H,5H2,1H3,(H,10,13). The van der Waals surface area contributed by atoms with E-state index in [4.69, 9.17) is 0 Å². The lowest BCUT2D eigenvalue weighted by Crippen LogP contribution is -2.22. The number of benzene rings is 1. The molecular weight excluding hydrogens is 246 g/mol. The van der Waals surface area contributed by atoms with Crippen molar-refractivity contribution in [1.29, 1.82) is 0 Å². The summed E-state index contributed by atoms with van der Waals surface area (Å²) < 4.78 is 4.31. The van der Waals surface area contributed by atoms with Gasteiger partial charge in [-0.2, -0.15) is 0 Å². The topological polar surface area (TPSA) is 125 Å². The zero-order chi connectivity index (χ0) is 13.7. The third-order valence-electron chi connectivity index (χ3n) is 2.01. The number of nitro groups is 2. The van der Waals surface area contributed by atoms with E-state index in [1.165, 1.54) is 0 Å². The predicted molar refractivity (Wildman–Crippen MR) is 59.0 cm³/mol. The van der Waals surface area contributed by atoms with Crippen molar-refractivity contribution in [2.24, 2.45) is 0 Å². The van der Waals surface area contributed by atoms with Gasteiger partial charge in [-0.1, -0.05) is 0 Å². The van der Waals surface area contributed by atoms with E-state index >= 15 is 0 Å². The third-order valence-corrected chi connectivity index (χ3v) is 2.01. The van der Waals surface area contributed by atoms with E-state index in [9.17, 15) is 25.0 Å². The first-order chi connectivity index (χ1) is 8.43. The van der Waals surface area contributed by atoms with Gasteiger partial charge in [-0.15, -0.1) is 0 Å². The molecular formula is C9H9N3O6. The summed E-state index contributed by atoms with van der Waals surface area (Å²) >= 11 is 0. The highest BCUT2D eigenvalue weighted by atomic mass is 16.6. The highest BCUT2D eigenvalue weighted by Gasteiger charge is 2.16. The number of rotatable bonds is 4. The van der Waals surface area contributed by atoms with Gasteiger partial charge in [0.05, 0.1) is 23.0 Å². The number of alkyl carbamates (subject to hydrolysis) is 1. The molecule has 18 heavy (non-hydrogen) atoms. The normalized spacial score (nSPS) is 9.61. The van der Waals surface area contributed by atoms with Crippen LogP contribution in [-0.2, 0) is 11.3 Å². The number of carbonyl (C=O) groups excluding carboxylic acids is 1. The molecule has 0 unspecified atom stereocenters. The summed E-state index contributed by atoms with van der Waals surface area (Å²) in [4.78, 5) is 30.5. The van der Waals surface area contributed by atoms with Crippen LogP contribution in [0.15, 0.2) is 18.2 Å². The average molecular weight is 255 g/mol. The highest BCUT2D eigenvalue weighted by Crippen LogP contribution is 2.22. The van der Waals surface area contributed by atoms with E-state index in [1.54, 1.807) is 0 Å². The van der Waals surface area contributed by atoms with Gasteiger partial charge in [-0.05, 0) is 5.56 Å². The lowest BCUT2D eigenvalue weighted by molar-refractivity contribution is -0.394. The number of nitro benzene ring substituents is 2. The number of methoxy groups -OCH3 is 1. The van der Waals surface area contributed by atoms with Crippen LogP contribution in [-0.4, -0.2) is 23.0 Å². The van der Waals surface area contributed by atoms with E-state index in [2.05, 4.69) is 10.1 Å². The molecule has 0 heterocycles. The van der Waals surface area contributed by atoms with E-state index in [0.29, 0.717) is 0 Å². The number of nitrogens with zero attached hydrogens (tertiary/aromatic N) is 2. The van der Waals surface area contributed by atoms with Crippen molar-refractivity contribution >= 4 is 17.5 Å². The number of hydrogen-bond donors (Lipinski definition) is 1. The van der Waals surface area contributed by atoms with Crippen molar-refractivity contribution < 1.29 is 19.4 Å². The molecule has 9 heteroatoms. The Labute approximate surface area is 101 Å². The van der Waals surface area contributed by atoms with Gasteiger partial charge in [0.15, 0.2) is 0 Å². The first kappa shape index (κ1) is 13.4. The van der Waals surface area contributed by atoms with E-state index in [-0.39, 0.29) is 12.1 Å². The fourth-order valence-electron chi connectivity index (χ4n) is 1.22. The van der Waals surface area contributed by atoms with Gasteiger partial charge in [0.25, 0.3) is 11.4 Å². The van der Waals surface area contributed by atoms with Crippen molar-refractivity contribution in [3.05, 3.63) is 44.0 Å². The summed E-state index contributed by atoms with van der Waals surface area (Å²) in [6.45, 7) is -0.102. The van der Waals surface area contributed by atoms with Gasteiger partial charge in [-0.3, -0.25) is 20.2 Å². The smallest absolute Gasteiger partial charge is 0.407 e. The van der Waals surface area contributed by atoms with E-state index < -0.39 is 27.3 Å². The summed E-state index contributed by atoms with van der Waals surface area (Å²) in [5.74, 6) is 0. The molecule has 0 atom stereocenters. The molecule has 1 N–H and O–H groups in total. The number of carbonyl (C=O) groups is 1.